The van der Waals surface area contributed by atoms with Crippen LogP contribution in [0.5, 0.6) is 0 Å². The monoisotopic (exact) mass is 336 g/mol. The van der Waals surface area contributed by atoms with Gasteiger partial charge >= 0.3 is 0 Å². The lowest BCUT2D eigenvalue weighted by Gasteiger charge is -2.18. The van der Waals surface area contributed by atoms with Crippen molar-refractivity contribution in [2.45, 2.75) is 19.0 Å². The molecule has 25 heavy (non-hydrogen) atoms. The molecule has 2 aromatic carbocycles. The van der Waals surface area contributed by atoms with Crippen LogP contribution in [0.3, 0.4) is 0 Å². The first-order chi connectivity index (χ1) is 12.3. The summed E-state index contributed by atoms with van der Waals surface area (Å²) in [6.45, 7) is 2.86. The van der Waals surface area contributed by atoms with E-state index in [9.17, 15) is 4.39 Å². The number of halogens is 1. The van der Waals surface area contributed by atoms with E-state index in [0.29, 0.717) is 6.04 Å². The highest BCUT2D eigenvalue weighted by molar-refractivity contribution is 5.47. The summed E-state index contributed by atoms with van der Waals surface area (Å²) in [7, 11) is 0. The van der Waals surface area contributed by atoms with Crippen LogP contribution >= 0.6 is 0 Å². The summed E-state index contributed by atoms with van der Waals surface area (Å²) in [6, 6.07) is 17.5. The highest BCUT2D eigenvalue weighted by Gasteiger charge is 2.22. The molecule has 0 radical (unpaired) electrons. The molecule has 3 aromatic rings. The molecular weight excluding hydrogens is 315 g/mol. The largest absolute Gasteiger partial charge is 0.370 e. The minimum atomic E-state index is -0.250. The average molecular weight is 336 g/mol. The first-order valence-corrected chi connectivity index (χ1v) is 8.61. The third-order valence-corrected chi connectivity index (χ3v) is 4.61. The average Bonchev–Trinajstić information content (AvgIpc) is 3.30. The summed E-state index contributed by atoms with van der Waals surface area (Å²) >= 11 is 0. The number of benzene rings is 2. The normalized spacial score (nSPS) is 17.2. The molecule has 0 aliphatic carbocycles. The second-order valence-corrected chi connectivity index (χ2v) is 6.42. The van der Waals surface area contributed by atoms with Crippen LogP contribution in [0.1, 0.15) is 12.0 Å². The number of nitrogens with zero attached hydrogens (tertiary/aromatic N) is 3. The Morgan fingerprint density at radius 2 is 1.92 bits per heavy atom. The third kappa shape index (κ3) is 3.72. The summed E-state index contributed by atoms with van der Waals surface area (Å²) in [5.74, 6) is -0.250. The van der Waals surface area contributed by atoms with E-state index in [0.717, 1.165) is 37.3 Å². The second-order valence-electron chi connectivity index (χ2n) is 6.42. The highest BCUT2D eigenvalue weighted by atomic mass is 19.1. The summed E-state index contributed by atoms with van der Waals surface area (Å²) < 4.78 is 15.0. The van der Waals surface area contributed by atoms with Gasteiger partial charge in [0.25, 0.3) is 0 Å². The predicted octanol–water partition coefficient (Wildman–Crippen LogP) is 3.38. The van der Waals surface area contributed by atoms with Gasteiger partial charge in [0.15, 0.2) is 0 Å². The molecular formula is C20H21FN4. The van der Waals surface area contributed by atoms with Crippen LogP contribution in [0.4, 0.5) is 10.1 Å². The first-order valence-electron chi connectivity index (χ1n) is 8.61. The van der Waals surface area contributed by atoms with Crippen molar-refractivity contribution >= 4 is 5.69 Å². The van der Waals surface area contributed by atoms with Crippen molar-refractivity contribution in [2.24, 2.45) is 0 Å². The molecule has 1 aromatic heterocycles. The number of rotatable bonds is 5. The van der Waals surface area contributed by atoms with E-state index in [1.165, 1.54) is 17.8 Å². The first kappa shape index (κ1) is 15.8. The molecule has 0 spiro atoms. The minimum Gasteiger partial charge on any atom is -0.370 e. The van der Waals surface area contributed by atoms with Gasteiger partial charge < -0.3 is 10.2 Å². The maximum absolute atomic E-state index is 13.3. The Kier molecular flexibility index (Phi) is 4.48. The van der Waals surface area contributed by atoms with Crippen molar-refractivity contribution in [1.29, 1.82) is 0 Å². The van der Waals surface area contributed by atoms with Crippen molar-refractivity contribution in [2.75, 3.05) is 18.0 Å². The Labute approximate surface area is 146 Å². The number of anilines is 1. The highest BCUT2D eigenvalue weighted by Crippen LogP contribution is 2.20. The number of hydrogen-bond acceptors (Lipinski definition) is 3. The Balaban J connectivity index is 1.34. The Hall–Kier alpha value is -2.66. The zero-order valence-corrected chi connectivity index (χ0v) is 14.0. The summed E-state index contributed by atoms with van der Waals surface area (Å²) in [6.07, 6.45) is 4.92. The van der Waals surface area contributed by atoms with Crippen LogP contribution in [0.15, 0.2) is 67.0 Å². The van der Waals surface area contributed by atoms with Crippen LogP contribution in [-0.4, -0.2) is 28.9 Å². The standard InChI is InChI=1S/C20H21FN4/c21-17-5-4-8-20(11-17)25-14-16(13-23-25)12-22-18-9-10-24(15-18)19-6-2-1-3-7-19/h1-8,11,13-14,18,22H,9-10,12,15H2. The lowest BCUT2D eigenvalue weighted by Crippen LogP contribution is -2.32. The molecule has 1 aliphatic rings. The van der Waals surface area contributed by atoms with E-state index >= 15 is 0 Å². The van der Waals surface area contributed by atoms with E-state index in [1.54, 1.807) is 10.7 Å². The van der Waals surface area contributed by atoms with Gasteiger partial charge in [-0.05, 0) is 36.8 Å². The molecule has 0 amide bonds. The molecule has 0 saturated carbocycles. The van der Waals surface area contributed by atoms with Gasteiger partial charge in [-0.3, -0.25) is 0 Å². The van der Waals surface area contributed by atoms with E-state index in [1.807, 2.05) is 24.5 Å². The topological polar surface area (TPSA) is 33.1 Å². The molecule has 5 heteroatoms. The maximum atomic E-state index is 13.3. The predicted molar refractivity (Wildman–Crippen MR) is 97.4 cm³/mol. The lowest BCUT2D eigenvalue weighted by molar-refractivity contribution is 0.551. The molecule has 1 unspecified atom stereocenters. The fourth-order valence-corrected chi connectivity index (χ4v) is 3.27. The Bertz CT molecular complexity index is 830. The maximum Gasteiger partial charge on any atom is 0.125 e. The van der Waals surface area contributed by atoms with Gasteiger partial charge in [-0.1, -0.05) is 24.3 Å². The van der Waals surface area contributed by atoms with Crippen LogP contribution in [-0.2, 0) is 6.54 Å². The van der Waals surface area contributed by atoms with E-state index in [4.69, 9.17) is 0 Å². The van der Waals surface area contributed by atoms with Crippen molar-refractivity contribution in [3.05, 3.63) is 78.4 Å². The summed E-state index contributed by atoms with van der Waals surface area (Å²) in [5.41, 5.74) is 3.12. The molecule has 4 rings (SSSR count). The van der Waals surface area contributed by atoms with Gasteiger partial charge in [-0.2, -0.15) is 5.10 Å². The number of para-hydroxylation sites is 1. The molecule has 4 nitrogen and oxygen atoms in total. The van der Waals surface area contributed by atoms with Crippen molar-refractivity contribution in [3.8, 4) is 5.69 Å². The summed E-state index contributed by atoms with van der Waals surface area (Å²) in [5, 5.41) is 7.94. The molecule has 1 aliphatic heterocycles. The van der Waals surface area contributed by atoms with Crippen molar-refractivity contribution in [1.82, 2.24) is 15.1 Å². The third-order valence-electron chi connectivity index (χ3n) is 4.61. The minimum absolute atomic E-state index is 0.250. The molecule has 1 N–H and O–H groups in total. The SMILES string of the molecule is Fc1cccc(-n2cc(CNC3CCN(c4ccccc4)C3)cn2)c1. The second kappa shape index (κ2) is 7.07. The van der Waals surface area contributed by atoms with Gasteiger partial charge in [0.1, 0.15) is 5.82 Å². The van der Waals surface area contributed by atoms with Crippen LogP contribution in [0.25, 0.3) is 5.69 Å². The fourth-order valence-electron chi connectivity index (χ4n) is 3.27. The quantitative estimate of drug-likeness (QED) is 0.775. The van der Waals surface area contributed by atoms with E-state index in [2.05, 4.69) is 39.6 Å². The van der Waals surface area contributed by atoms with Gasteiger partial charge in [-0.25, -0.2) is 9.07 Å². The van der Waals surface area contributed by atoms with Crippen LogP contribution in [0.2, 0.25) is 0 Å². The smallest absolute Gasteiger partial charge is 0.125 e. The number of hydrogen-bond donors (Lipinski definition) is 1. The van der Waals surface area contributed by atoms with Gasteiger partial charge in [0, 0.05) is 43.1 Å². The molecule has 1 atom stereocenters. The molecule has 1 fully saturated rings. The molecule has 2 heterocycles. The molecule has 0 bridgehead atoms. The Morgan fingerprint density at radius 3 is 2.76 bits per heavy atom. The van der Waals surface area contributed by atoms with Gasteiger partial charge in [-0.15, -0.1) is 0 Å². The van der Waals surface area contributed by atoms with Crippen LogP contribution < -0.4 is 10.2 Å². The number of nitrogens with one attached hydrogen (secondary N) is 1. The van der Waals surface area contributed by atoms with Gasteiger partial charge in [0.2, 0.25) is 0 Å². The van der Waals surface area contributed by atoms with Crippen molar-refractivity contribution < 1.29 is 4.39 Å². The zero-order valence-electron chi connectivity index (χ0n) is 14.0. The van der Waals surface area contributed by atoms with Gasteiger partial charge in [0.05, 0.1) is 11.9 Å². The fraction of sp³-hybridized carbons (Fsp3) is 0.250. The van der Waals surface area contributed by atoms with E-state index < -0.39 is 0 Å². The summed E-state index contributed by atoms with van der Waals surface area (Å²) in [4.78, 5) is 2.41. The van der Waals surface area contributed by atoms with Crippen molar-refractivity contribution in [3.63, 3.8) is 0 Å². The molecule has 128 valence electrons. The van der Waals surface area contributed by atoms with Crippen LogP contribution in [0, 0.1) is 5.82 Å². The molecule has 1 saturated heterocycles. The number of aromatic nitrogens is 2. The Morgan fingerprint density at radius 1 is 1.08 bits per heavy atom. The van der Waals surface area contributed by atoms with E-state index in [-0.39, 0.29) is 5.82 Å². The lowest BCUT2D eigenvalue weighted by atomic mass is 10.2. The zero-order chi connectivity index (χ0) is 17.1.